The van der Waals surface area contributed by atoms with Crippen LogP contribution in [0.5, 0.6) is 0 Å². The monoisotopic (exact) mass is 238 g/mol. The van der Waals surface area contributed by atoms with Crippen LogP contribution in [0.2, 0.25) is 0 Å². The van der Waals surface area contributed by atoms with Crippen LogP contribution in [-0.4, -0.2) is 11.1 Å². The number of hydrogen-bond donors (Lipinski definition) is 1. The van der Waals surface area contributed by atoms with E-state index in [1.165, 1.54) is 25.7 Å². The lowest BCUT2D eigenvalue weighted by Crippen LogP contribution is -1.92. The van der Waals surface area contributed by atoms with Gasteiger partial charge in [0, 0.05) is 6.42 Å². The molecule has 0 saturated heterocycles. The molecule has 2 nitrogen and oxygen atoms in total. The van der Waals surface area contributed by atoms with Crippen LogP contribution in [0.25, 0.3) is 0 Å². The van der Waals surface area contributed by atoms with Gasteiger partial charge >= 0.3 is 5.97 Å². The zero-order valence-corrected chi connectivity index (χ0v) is 11.0. The van der Waals surface area contributed by atoms with E-state index in [0.29, 0.717) is 6.42 Å². The summed E-state index contributed by atoms with van der Waals surface area (Å²) in [7, 11) is 0. The number of carbonyl (C=O) groups is 1. The highest BCUT2D eigenvalue weighted by atomic mass is 16.4. The van der Waals surface area contributed by atoms with Crippen molar-refractivity contribution in [2.75, 3.05) is 0 Å². The standard InChI is InChI=1S/C15H26O2/c1-2-3-4-5-6-7-8-9-10-11-12-13-14-15(16)17/h6-7,9-10H,2-5,8,11-14H2,1H3,(H,16,17)/b7-6-,10-9-. The first-order chi connectivity index (χ1) is 8.27. The predicted octanol–water partition coefficient (Wildman–Crippen LogP) is 4.71. The molecule has 0 spiro atoms. The maximum absolute atomic E-state index is 10.3. The van der Waals surface area contributed by atoms with Crippen molar-refractivity contribution in [1.82, 2.24) is 0 Å². The molecule has 0 aromatic heterocycles. The normalized spacial score (nSPS) is 11.6. The highest BCUT2D eigenvalue weighted by Crippen LogP contribution is 2.02. The molecule has 0 aliphatic carbocycles. The Morgan fingerprint density at radius 1 is 0.941 bits per heavy atom. The van der Waals surface area contributed by atoms with Crippen molar-refractivity contribution >= 4 is 5.97 Å². The van der Waals surface area contributed by atoms with Crippen LogP contribution in [0.3, 0.4) is 0 Å². The summed E-state index contributed by atoms with van der Waals surface area (Å²) in [6, 6.07) is 0. The lowest BCUT2D eigenvalue weighted by Gasteiger charge is -1.93. The number of aliphatic carboxylic acids is 1. The van der Waals surface area contributed by atoms with Gasteiger partial charge in [0.2, 0.25) is 0 Å². The molecule has 0 fully saturated rings. The molecule has 0 aromatic carbocycles. The molecular formula is C15H26O2. The van der Waals surface area contributed by atoms with Crippen molar-refractivity contribution in [3.63, 3.8) is 0 Å². The second kappa shape index (κ2) is 13.0. The fraction of sp³-hybridized carbons (Fsp3) is 0.667. The number of carboxylic acid groups (broad SMARTS) is 1. The summed E-state index contributed by atoms with van der Waals surface area (Å²) in [6.45, 7) is 2.22. The van der Waals surface area contributed by atoms with Gasteiger partial charge in [0.1, 0.15) is 0 Å². The van der Waals surface area contributed by atoms with Crippen molar-refractivity contribution in [2.45, 2.75) is 64.7 Å². The minimum absolute atomic E-state index is 0.297. The molecule has 0 amide bonds. The van der Waals surface area contributed by atoms with Gasteiger partial charge in [-0.2, -0.15) is 0 Å². The molecule has 0 rings (SSSR count). The maximum atomic E-state index is 10.3. The fourth-order valence-electron chi connectivity index (χ4n) is 1.56. The van der Waals surface area contributed by atoms with Crippen LogP contribution in [0.4, 0.5) is 0 Å². The molecule has 0 aliphatic rings. The topological polar surface area (TPSA) is 37.3 Å². The van der Waals surface area contributed by atoms with Gasteiger partial charge in [-0.15, -0.1) is 0 Å². The highest BCUT2D eigenvalue weighted by molar-refractivity contribution is 5.66. The smallest absolute Gasteiger partial charge is 0.303 e. The van der Waals surface area contributed by atoms with Gasteiger partial charge in [-0.25, -0.2) is 0 Å². The van der Waals surface area contributed by atoms with E-state index in [2.05, 4.69) is 31.2 Å². The molecule has 0 aliphatic heterocycles. The van der Waals surface area contributed by atoms with E-state index in [1.807, 2.05) is 0 Å². The molecule has 17 heavy (non-hydrogen) atoms. The van der Waals surface area contributed by atoms with E-state index < -0.39 is 5.97 Å². The van der Waals surface area contributed by atoms with Gasteiger partial charge in [0.05, 0.1) is 0 Å². The number of rotatable bonds is 11. The van der Waals surface area contributed by atoms with Gasteiger partial charge in [0.25, 0.3) is 0 Å². The Labute approximate surface area is 105 Å². The minimum Gasteiger partial charge on any atom is -0.481 e. The Kier molecular flexibility index (Phi) is 12.2. The van der Waals surface area contributed by atoms with Crippen molar-refractivity contribution in [3.05, 3.63) is 24.3 Å². The van der Waals surface area contributed by atoms with Crippen LogP contribution in [-0.2, 0) is 4.79 Å². The van der Waals surface area contributed by atoms with E-state index in [1.54, 1.807) is 0 Å². The Morgan fingerprint density at radius 2 is 1.53 bits per heavy atom. The van der Waals surface area contributed by atoms with Crippen LogP contribution in [0, 0.1) is 0 Å². The Hall–Kier alpha value is -1.05. The molecule has 0 radical (unpaired) electrons. The molecule has 0 atom stereocenters. The zero-order chi connectivity index (χ0) is 12.8. The first-order valence-electron chi connectivity index (χ1n) is 6.79. The number of allylic oxidation sites excluding steroid dienone is 4. The number of carboxylic acids is 1. The molecule has 0 bridgehead atoms. The van der Waals surface area contributed by atoms with Crippen molar-refractivity contribution in [2.24, 2.45) is 0 Å². The minimum atomic E-state index is -0.691. The summed E-state index contributed by atoms with van der Waals surface area (Å²) in [4.78, 5) is 10.3. The zero-order valence-electron chi connectivity index (χ0n) is 11.0. The van der Waals surface area contributed by atoms with E-state index in [9.17, 15) is 4.79 Å². The molecule has 1 N–H and O–H groups in total. The Balaban J connectivity index is 3.21. The summed E-state index contributed by atoms with van der Waals surface area (Å²) in [5, 5.41) is 8.45. The molecule has 0 saturated carbocycles. The molecule has 0 aromatic rings. The maximum Gasteiger partial charge on any atom is 0.303 e. The second-order valence-electron chi connectivity index (χ2n) is 4.31. The highest BCUT2D eigenvalue weighted by Gasteiger charge is 1.93. The quantitative estimate of drug-likeness (QED) is 0.418. The lowest BCUT2D eigenvalue weighted by atomic mass is 10.1. The van der Waals surface area contributed by atoms with Gasteiger partial charge in [-0.3, -0.25) is 4.79 Å². The van der Waals surface area contributed by atoms with Gasteiger partial charge in [0.15, 0.2) is 0 Å². The summed E-state index contributed by atoms with van der Waals surface area (Å²) < 4.78 is 0. The summed E-state index contributed by atoms with van der Waals surface area (Å²) in [5.41, 5.74) is 0. The first kappa shape index (κ1) is 16.0. The Bertz CT molecular complexity index is 229. The summed E-state index contributed by atoms with van der Waals surface area (Å²) in [5.74, 6) is -0.691. The third-order valence-corrected chi connectivity index (χ3v) is 2.59. The summed E-state index contributed by atoms with van der Waals surface area (Å²) >= 11 is 0. The van der Waals surface area contributed by atoms with E-state index in [-0.39, 0.29) is 0 Å². The third-order valence-electron chi connectivity index (χ3n) is 2.59. The van der Waals surface area contributed by atoms with Crippen LogP contribution < -0.4 is 0 Å². The van der Waals surface area contributed by atoms with E-state index in [0.717, 1.165) is 25.7 Å². The largest absolute Gasteiger partial charge is 0.481 e. The summed E-state index contributed by atoms with van der Waals surface area (Å²) in [6.07, 6.45) is 17.9. The lowest BCUT2D eigenvalue weighted by molar-refractivity contribution is -0.137. The van der Waals surface area contributed by atoms with Crippen molar-refractivity contribution in [3.8, 4) is 0 Å². The van der Waals surface area contributed by atoms with Crippen LogP contribution >= 0.6 is 0 Å². The van der Waals surface area contributed by atoms with Crippen LogP contribution in [0.15, 0.2) is 24.3 Å². The Morgan fingerprint density at radius 3 is 2.06 bits per heavy atom. The van der Waals surface area contributed by atoms with E-state index in [4.69, 9.17) is 5.11 Å². The second-order valence-corrected chi connectivity index (χ2v) is 4.31. The average Bonchev–Trinajstić information content (AvgIpc) is 2.30. The van der Waals surface area contributed by atoms with Crippen LogP contribution in [0.1, 0.15) is 64.7 Å². The molecule has 2 heteroatoms. The fourth-order valence-corrected chi connectivity index (χ4v) is 1.56. The molecule has 0 heterocycles. The van der Waals surface area contributed by atoms with E-state index >= 15 is 0 Å². The van der Waals surface area contributed by atoms with Gasteiger partial charge in [-0.1, -0.05) is 44.1 Å². The molecule has 0 unspecified atom stereocenters. The van der Waals surface area contributed by atoms with Crippen molar-refractivity contribution in [1.29, 1.82) is 0 Å². The molecule has 98 valence electrons. The molecular weight excluding hydrogens is 212 g/mol. The predicted molar refractivity (Wildman–Crippen MR) is 73.1 cm³/mol. The number of hydrogen-bond acceptors (Lipinski definition) is 1. The number of unbranched alkanes of at least 4 members (excludes halogenated alkanes) is 5. The van der Waals surface area contributed by atoms with Crippen molar-refractivity contribution < 1.29 is 9.90 Å². The SMILES string of the molecule is CCCCC/C=C\C/C=C\CCCCC(=O)O. The average molecular weight is 238 g/mol. The first-order valence-corrected chi connectivity index (χ1v) is 6.79. The third kappa shape index (κ3) is 14.9. The van der Waals surface area contributed by atoms with Gasteiger partial charge < -0.3 is 5.11 Å². The van der Waals surface area contributed by atoms with Gasteiger partial charge in [-0.05, 0) is 38.5 Å².